The number of hydrogen-bond acceptors (Lipinski definition) is 12. The third-order valence-electron chi connectivity index (χ3n) is 13.1. The molecular weight excluding hydrogens is 801 g/mol. The first-order valence-electron chi connectivity index (χ1n) is 21.9. The van der Waals surface area contributed by atoms with Crippen LogP contribution in [0.5, 0.6) is 0 Å². The lowest BCUT2D eigenvalue weighted by Gasteiger charge is -2.44. The van der Waals surface area contributed by atoms with E-state index in [4.69, 9.17) is 23.4 Å². The van der Waals surface area contributed by atoms with Crippen LogP contribution < -0.4 is 16.0 Å². The van der Waals surface area contributed by atoms with Gasteiger partial charge in [0.15, 0.2) is 8.32 Å². The molecule has 2 aliphatic carbocycles. The molecule has 0 aromatic heterocycles. The number of carbonyl (C=O) groups excluding carboxylic acids is 6. The molecule has 1 aromatic rings. The molecule has 0 radical (unpaired) electrons. The summed E-state index contributed by atoms with van der Waals surface area (Å²) < 4.78 is 30.0. The SMILES string of the molecule is C[C@H]1C=C2C=C[C@H](C)[C@H](CC[C@@H]3C[C@@H](O[Si](C)(C)C(C)(C)C)CC(=O)O3)[C@H]2[C@@H](OC(=O)NCCOCCOCCNc2ccc3c(c2)C(=O)N(C2CCC(=O)NC2=O)C3=O)C1. The van der Waals surface area contributed by atoms with E-state index in [9.17, 15) is 28.8 Å². The molecule has 16 heteroatoms. The maximum absolute atomic E-state index is 13.1. The number of nitrogens with one attached hydrogen (secondary N) is 3. The minimum Gasteiger partial charge on any atom is -0.462 e. The number of benzene rings is 1. The first-order chi connectivity index (χ1) is 28.9. The number of amides is 5. The molecule has 334 valence electrons. The molecule has 8 atom stereocenters. The predicted molar refractivity (Wildman–Crippen MR) is 229 cm³/mol. The Bertz CT molecular complexity index is 1890. The fraction of sp³-hybridized carbons (Fsp3) is 0.644. The number of imide groups is 2. The fourth-order valence-corrected chi connectivity index (χ4v) is 10.2. The zero-order chi connectivity index (χ0) is 44.1. The molecule has 2 saturated heterocycles. The molecular formula is C45H64N4O11Si. The van der Waals surface area contributed by atoms with Crippen molar-refractivity contribution in [2.75, 3.05) is 44.8 Å². The van der Waals surface area contributed by atoms with Crippen LogP contribution in [-0.2, 0) is 37.8 Å². The average Bonchev–Trinajstić information content (AvgIpc) is 3.42. The summed E-state index contributed by atoms with van der Waals surface area (Å²) in [6, 6.07) is 3.81. The summed E-state index contributed by atoms with van der Waals surface area (Å²) in [4.78, 5) is 76.6. The highest BCUT2D eigenvalue weighted by Crippen LogP contribution is 2.46. The highest BCUT2D eigenvalue weighted by Gasteiger charge is 2.46. The van der Waals surface area contributed by atoms with Gasteiger partial charge in [-0.2, -0.15) is 0 Å². The number of cyclic esters (lactones) is 1. The fourth-order valence-electron chi connectivity index (χ4n) is 8.88. The molecule has 3 N–H and O–H groups in total. The summed E-state index contributed by atoms with van der Waals surface area (Å²) >= 11 is 0. The van der Waals surface area contributed by atoms with Gasteiger partial charge in [-0.3, -0.25) is 34.2 Å². The summed E-state index contributed by atoms with van der Waals surface area (Å²) in [5, 5.41) is 8.27. The molecule has 6 rings (SSSR count). The van der Waals surface area contributed by atoms with Crippen LogP contribution in [0.2, 0.25) is 18.1 Å². The maximum atomic E-state index is 13.1. The highest BCUT2D eigenvalue weighted by atomic mass is 28.4. The van der Waals surface area contributed by atoms with Gasteiger partial charge in [0, 0.05) is 37.5 Å². The molecule has 3 aliphatic heterocycles. The standard InChI is InChI=1S/C45H64N4O11Si/c1-27-22-29-9-8-28(2)33(13-11-31-25-32(26-39(51)58-31)60-61(6,7)45(3,4)5)40(29)37(23-27)59-44(55)47-17-19-57-21-20-56-18-16-46-30-10-12-34-35(24-30)43(54)49(42(34)53)36-14-15-38(50)48-41(36)52/h8-10,12,22,24,27-28,31-33,36-37,40,46H,11,13-21,23,25-26H2,1-7H3,(H,47,55)(H,48,50,52)/t27-,28-,31+,32+,33-,36?,37-,40-/m0/s1. The Kier molecular flexibility index (Phi) is 14.9. The van der Waals surface area contributed by atoms with E-state index in [2.05, 4.69) is 81.9 Å². The van der Waals surface area contributed by atoms with Crippen molar-refractivity contribution in [1.82, 2.24) is 15.5 Å². The van der Waals surface area contributed by atoms with Crippen molar-refractivity contribution in [2.24, 2.45) is 23.7 Å². The maximum Gasteiger partial charge on any atom is 0.407 e. The number of esters is 1. The third kappa shape index (κ3) is 11.4. The van der Waals surface area contributed by atoms with Crippen LogP contribution in [0.3, 0.4) is 0 Å². The van der Waals surface area contributed by atoms with Crippen LogP contribution in [0.4, 0.5) is 10.5 Å². The van der Waals surface area contributed by atoms with Crippen LogP contribution in [0.1, 0.15) is 100 Å². The quantitative estimate of drug-likeness (QED) is 0.0729. The molecule has 1 unspecified atom stereocenters. The second-order valence-corrected chi connectivity index (χ2v) is 23.4. The average molecular weight is 865 g/mol. The van der Waals surface area contributed by atoms with Crippen molar-refractivity contribution >= 4 is 49.7 Å². The van der Waals surface area contributed by atoms with Crippen molar-refractivity contribution in [3.8, 4) is 0 Å². The zero-order valence-electron chi connectivity index (χ0n) is 36.7. The number of hydrogen-bond donors (Lipinski definition) is 3. The molecule has 5 amide bonds. The van der Waals surface area contributed by atoms with Crippen molar-refractivity contribution < 1.29 is 52.1 Å². The third-order valence-corrected chi connectivity index (χ3v) is 17.6. The number of rotatable bonds is 17. The van der Waals surface area contributed by atoms with Gasteiger partial charge in [-0.15, -0.1) is 0 Å². The highest BCUT2D eigenvalue weighted by molar-refractivity contribution is 6.74. The summed E-state index contributed by atoms with van der Waals surface area (Å²) in [6.07, 6.45) is 9.11. The molecule has 1 aromatic carbocycles. The van der Waals surface area contributed by atoms with Gasteiger partial charge in [-0.1, -0.05) is 52.8 Å². The van der Waals surface area contributed by atoms with E-state index in [0.29, 0.717) is 44.9 Å². The normalized spacial score (nSPS) is 27.8. The summed E-state index contributed by atoms with van der Waals surface area (Å²) in [5.41, 5.74) is 2.24. The Labute approximate surface area is 360 Å². The van der Waals surface area contributed by atoms with Crippen LogP contribution in [0, 0.1) is 23.7 Å². The Balaban J connectivity index is 0.881. The number of alkyl carbamates (subject to hydrolysis) is 1. The smallest absolute Gasteiger partial charge is 0.407 e. The van der Waals surface area contributed by atoms with Crippen molar-refractivity contribution in [1.29, 1.82) is 0 Å². The first kappa shape index (κ1) is 46.1. The molecule has 0 spiro atoms. The minimum atomic E-state index is -2.04. The number of carbonyl (C=O) groups is 6. The Hall–Kier alpha value is -4.38. The van der Waals surface area contributed by atoms with E-state index in [1.807, 2.05) is 0 Å². The van der Waals surface area contributed by atoms with Gasteiger partial charge < -0.3 is 34.0 Å². The minimum absolute atomic E-state index is 0.0492. The topological polar surface area (TPSA) is 188 Å². The van der Waals surface area contributed by atoms with Crippen molar-refractivity contribution in [3.05, 3.63) is 53.1 Å². The van der Waals surface area contributed by atoms with Gasteiger partial charge in [0.2, 0.25) is 11.8 Å². The summed E-state index contributed by atoms with van der Waals surface area (Å²) in [7, 11) is -2.04. The number of ether oxygens (including phenoxy) is 4. The van der Waals surface area contributed by atoms with Crippen LogP contribution in [0.15, 0.2) is 42.0 Å². The van der Waals surface area contributed by atoms with Gasteiger partial charge in [0.25, 0.3) is 11.8 Å². The van der Waals surface area contributed by atoms with E-state index in [1.54, 1.807) is 18.2 Å². The van der Waals surface area contributed by atoms with Gasteiger partial charge >= 0.3 is 12.1 Å². The van der Waals surface area contributed by atoms with E-state index < -0.39 is 44.1 Å². The molecule has 61 heavy (non-hydrogen) atoms. The van der Waals surface area contributed by atoms with Crippen LogP contribution in [0.25, 0.3) is 0 Å². The molecule has 0 saturated carbocycles. The first-order valence-corrected chi connectivity index (χ1v) is 24.8. The lowest BCUT2D eigenvalue weighted by molar-refractivity contribution is -0.160. The second-order valence-electron chi connectivity index (χ2n) is 18.6. The van der Waals surface area contributed by atoms with E-state index >= 15 is 0 Å². The van der Waals surface area contributed by atoms with Gasteiger partial charge in [0.05, 0.1) is 50.1 Å². The number of nitrogens with zero attached hydrogens (tertiary/aromatic N) is 1. The zero-order valence-corrected chi connectivity index (χ0v) is 37.7. The summed E-state index contributed by atoms with van der Waals surface area (Å²) in [6.45, 7) is 17.4. The molecule has 2 fully saturated rings. The second kappa shape index (κ2) is 19.8. The molecule has 15 nitrogen and oxygen atoms in total. The van der Waals surface area contributed by atoms with Crippen LogP contribution >= 0.6 is 0 Å². The van der Waals surface area contributed by atoms with E-state index in [0.717, 1.165) is 24.2 Å². The number of piperidine rings is 1. The van der Waals surface area contributed by atoms with Gasteiger partial charge in [-0.05, 0) is 85.3 Å². The lowest BCUT2D eigenvalue weighted by atomic mass is 9.65. The molecule has 5 aliphatic rings. The van der Waals surface area contributed by atoms with Gasteiger partial charge in [0.1, 0.15) is 18.2 Å². The lowest BCUT2D eigenvalue weighted by Crippen LogP contribution is -2.54. The number of fused-ring (bicyclic) bond motifs is 2. The van der Waals surface area contributed by atoms with E-state index in [1.165, 1.54) is 5.57 Å². The van der Waals surface area contributed by atoms with Gasteiger partial charge in [-0.25, -0.2) is 4.79 Å². The number of allylic oxidation sites excluding steroid dienone is 3. The largest absolute Gasteiger partial charge is 0.462 e. The van der Waals surface area contributed by atoms with Crippen molar-refractivity contribution in [3.63, 3.8) is 0 Å². The Morgan fingerprint density at radius 2 is 1.67 bits per heavy atom. The van der Waals surface area contributed by atoms with Crippen molar-refractivity contribution in [2.45, 2.75) is 122 Å². The van der Waals surface area contributed by atoms with Crippen LogP contribution in [-0.4, -0.2) is 113 Å². The van der Waals surface area contributed by atoms with E-state index in [-0.39, 0.29) is 90.1 Å². The molecule has 3 heterocycles. The molecule has 0 bridgehead atoms. The summed E-state index contributed by atoms with van der Waals surface area (Å²) in [5.74, 6) is -1.57. The monoisotopic (exact) mass is 864 g/mol. The Morgan fingerprint density at radius 1 is 0.951 bits per heavy atom. The predicted octanol–water partition coefficient (Wildman–Crippen LogP) is 5.91. The Morgan fingerprint density at radius 3 is 2.39 bits per heavy atom. The number of anilines is 1.